The van der Waals surface area contributed by atoms with Crippen LogP contribution in [0.5, 0.6) is 0 Å². The van der Waals surface area contributed by atoms with Crippen molar-refractivity contribution in [3.05, 3.63) is 193 Å². The van der Waals surface area contributed by atoms with Crippen LogP contribution in [0.3, 0.4) is 0 Å². The monoisotopic (exact) mass is 778 g/mol. The Morgan fingerprint density at radius 2 is 1.09 bits per heavy atom. The first-order valence-corrected chi connectivity index (χ1v) is 23.3. The van der Waals surface area contributed by atoms with Crippen LogP contribution in [0.15, 0.2) is 149 Å². The standard InChI is InChI=1S/C33H33.C15H14.C5H5.Zr/c1-32(2,3)30-20-26-24(18-28(30)22-13-9-7-10-14-22)17-25-19-29(23-15-11-8-12-16-23)31(21-27(25)26)33(4,5)6;1-12-3-7-14(8-4-12)11-15-9-5-13(2)6-10-15;1-2-4-5-3-1;/h7-16,18,20-21H,17H2,1-6H3;3-10H,1-2H3;1-3H,4H2;. The van der Waals surface area contributed by atoms with Crippen LogP contribution >= 0.6 is 0 Å². The van der Waals surface area contributed by atoms with E-state index in [9.17, 15) is 0 Å². The molecule has 0 saturated carbocycles. The summed E-state index contributed by atoms with van der Waals surface area (Å²) >= 11 is -3.04. The fraction of sp³-hybridized carbons (Fsp3) is 0.226. The predicted octanol–water partition coefficient (Wildman–Crippen LogP) is 13.2. The van der Waals surface area contributed by atoms with E-state index in [-0.39, 0.29) is 10.8 Å². The summed E-state index contributed by atoms with van der Waals surface area (Å²) in [6.45, 7) is 18.8. The Labute approximate surface area is 331 Å². The molecule has 0 unspecified atom stereocenters. The van der Waals surface area contributed by atoms with Crippen molar-refractivity contribution >= 4 is 6.48 Å². The van der Waals surface area contributed by atoms with Crippen LogP contribution in [0, 0.1) is 13.8 Å². The number of allylic oxidation sites excluding steroid dienone is 4. The Hall–Kier alpha value is -4.45. The molecule has 0 aromatic heterocycles. The molecule has 2 aliphatic rings. The Morgan fingerprint density at radius 1 is 0.556 bits per heavy atom. The van der Waals surface area contributed by atoms with Crippen molar-refractivity contribution < 1.29 is 21.3 Å². The predicted molar refractivity (Wildman–Crippen MR) is 230 cm³/mol. The maximum atomic E-state index is 2.61. The quantitative estimate of drug-likeness (QED) is 0.158. The van der Waals surface area contributed by atoms with E-state index in [1.165, 1.54) is 72.3 Å². The Kier molecular flexibility index (Phi) is 9.69. The summed E-state index contributed by atoms with van der Waals surface area (Å²) < 4.78 is 4.89. The van der Waals surface area contributed by atoms with Gasteiger partial charge in [-0.1, -0.05) is 0 Å². The molecule has 268 valence electrons. The molecule has 2 aliphatic carbocycles. The van der Waals surface area contributed by atoms with Gasteiger partial charge >= 0.3 is 334 Å². The molecule has 6 aromatic rings. The molecule has 0 bridgehead atoms. The number of rotatable bonds is 6. The van der Waals surface area contributed by atoms with Gasteiger partial charge in [0.25, 0.3) is 0 Å². The molecule has 0 atom stereocenters. The number of hydrogen-bond donors (Lipinski definition) is 0. The number of hydrogen-bond acceptors (Lipinski definition) is 0. The minimum absolute atomic E-state index is 0.0122. The molecule has 0 aliphatic heterocycles. The average molecular weight is 780 g/mol. The molecule has 54 heavy (non-hydrogen) atoms. The van der Waals surface area contributed by atoms with E-state index in [2.05, 4.69) is 201 Å². The Morgan fingerprint density at radius 3 is 1.61 bits per heavy atom. The van der Waals surface area contributed by atoms with Gasteiger partial charge in [0.05, 0.1) is 0 Å². The first-order valence-electron chi connectivity index (χ1n) is 19.6. The molecule has 8 rings (SSSR count). The second kappa shape index (κ2) is 14.3. The zero-order chi connectivity index (χ0) is 37.8. The molecule has 6 aromatic carbocycles. The number of aryl methyl sites for hydroxylation is 2. The molecule has 0 saturated heterocycles. The summed E-state index contributed by atoms with van der Waals surface area (Å²) in [4.78, 5) is 0. The van der Waals surface area contributed by atoms with E-state index >= 15 is 0 Å². The zero-order valence-corrected chi connectivity index (χ0v) is 35.7. The molecular weight excluding hydrogens is 728 g/mol. The first kappa shape index (κ1) is 36.5. The normalized spacial score (nSPS) is 13.4. The van der Waals surface area contributed by atoms with Crippen molar-refractivity contribution in [3.63, 3.8) is 0 Å². The van der Waals surface area contributed by atoms with Gasteiger partial charge in [-0.2, -0.15) is 0 Å². The molecular formula is C53H52Zr. The van der Waals surface area contributed by atoms with Gasteiger partial charge in [0, 0.05) is 0 Å². The van der Waals surface area contributed by atoms with Gasteiger partial charge in [-0.15, -0.1) is 0 Å². The molecule has 0 radical (unpaired) electrons. The molecule has 0 N–H and O–H groups in total. The van der Waals surface area contributed by atoms with Gasteiger partial charge in [-0.3, -0.25) is 0 Å². The number of benzene rings is 6. The van der Waals surface area contributed by atoms with E-state index in [4.69, 9.17) is 0 Å². The van der Waals surface area contributed by atoms with Gasteiger partial charge in [0.15, 0.2) is 0 Å². The molecule has 0 nitrogen and oxygen atoms in total. The van der Waals surface area contributed by atoms with Gasteiger partial charge in [-0.25, -0.2) is 0 Å². The van der Waals surface area contributed by atoms with E-state index in [0.29, 0.717) is 0 Å². The third kappa shape index (κ3) is 6.86. The first-order chi connectivity index (χ1) is 25.9. The fourth-order valence-electron chi connectivity index (χ4n) is 8.60. The summed E-state index contributed by atoms with van der Waals surface area (Å²) in [6, 6.07) is 49.0. The van der Waals surface area contributed by atoms with E-state index in [1.807, 2.05) is 0 Å². The Bertz CT molecular complexity index is 2410. The van der Waals surface area contributed by atoms with Crippen LogP contribution in [-0.2, 0) is 38.5 Å². The average Bonchev–Trinajstić information content (AvgIpc) is 3.82. The van der Waals surface area contributed by atoms with E-state index in [0.717, 1.165) is 12.8 Å². The minimum atomic E-state index is -3.04. The van der Waals surface area contributed by atoms with Crippen LogP contribution in [0.4, 0.5) is 0 Å². The molecule has 0 spiro atoms. The summed E-state index contributed by atoms with van der Waals surface area (Å²) in [5, 5.41) is 0. The zero-order valence-electron chi connectivity index (χ0n) is 33.3. The Balaban J connectivity index is 1.55. The SMILES string of the molecule is Cc1ccc([C](c2ccc(C)cc2)=[Zr]([C]2=CC=CC2)[c]2c3c(cc(C(C)(C)C)c2-c2ccccc2)-c2cc(C(C)(C)C)c(-c4ccccc4)cc2C3)cc1. The number of fused-ring (bicyclic) bond motifs is 3. The van der Waals surface area contributed by atoms with Crippen LogP contribution in [0.2, 0.25) is 0 Å². The van der Waals surface area contributed by atoms with Gasteiger partial charge in [0.1, 0.15) is 0 Å². The van der Waals surface area contributed by atoms with Crippen molar-refractivity contribution in [2.24, 2.45) is 0 Å². The second-order valence-electron chi connectivity index (χ2n) is 17.5. The summed E-state index contributed by atoms with van der Waals surface area (Å²) in [7, 11) is 0. The van der Waals surface area contributed by atoms with Gasteiger partial charge in [-0.05, 0) is 0 Å². The van der Waals surface area contributed by atoms with Crippen LogP contribution in [0.1, 0.15) is 92.5 Å². The van der Waals surface area contributed by atoms with Crippen molar-refractivity contribution in [2.75, 3.05) is 0 Å². The molecule has 0 heterocycles. The second-order valence-corrected chi connectivity index (χ2v) is 23.4. The third-order valence-corrected chi connectivity index (χ3v) is 19.1. The third-order valence-electron chi connectivity index (χ3n) is 11.4. The fourth-order valence-corrected chi connectivity index (χ4v) is 17.1. The summed E-state index contributed by atoms with van der Waals surface area (Å²) in [6.07, 6.45) is 9.19. The van der Waals surface area contributed by atoms with Crippen molar-refractivity contribution in [3.8, 4) is 33.4 Å². The molecule has 1 heteroatoms. The van der Waals surface area contributed by atoms with Crippen molar-refractivity contribution in [1.29, 1.82) is 0 Å². The van der Waals surface area contributed by atoms with E-state index < -0.39 is 21.3 Å². The molecule has 0 amide bonds. The van der Waals surface area contributed by atoms with Gasteiger partial charge in [0.2, 0.25) is 0 Å². The topological polar surface area (TPSA) is 0 Å². The van der Waals surface area contributed by atoms with Crippen LogP contribution in [0.25, 0.3) is 33.4 Å². The van der Waals surface area contributed by atoms with Gasteiger partial charge < -0.3 is 0 Å². The van der Waals surface area contributed by atoms with Crippen molar-refractivity contribution in [2.45, 2.75) is 79.1 Å². The van der Waals surface area contributed by atoms with Crippen LogP contribution < -0.4 is 3.27 Å². The van der Waals surface area contributed by atoms with Crippen molar-refractivity contribution in [1.82, 2.24) is 0 Å². The van der Waals surface area contributed by atoms with Crippen LogP contribution in [-0.4, -0.2) is 3.21 Å². The maximum absolute atomic E-state index is 3.04. The molecule has 0 fully saturated rings. The summed E-state index contributed by atoms with van der Waals surface area (Å²) in [5.41, 5.74) is 19.5. The summed E-state index contributed by atoms with van der Waals surface area (Å²) in [5.74, 6) is 0. The van der Waals surface area contributed by atoms with E-state index in [1.54, 1.807) is 15.3 Å².